The molecule has 1 fully saturated rings. The summed E-state index contributed by atoms with van der Waals surface area (Å²) in [4.78, 5) is 15.6. The van der Waals surface area contributed by atoms with Crippen LogP contribution in [0.25, 0.3) is 0 Å². The van der Waals surface area contributed by atoms with Crippen molar-refractivity contribution in [2.45, 2.75) is 25.4 Å². The summed E-state index contributed by atoms with van der Waals surface area (Å²) in [5, 5.41) is 9.53. The molecule has 1 amide bonds. The Morgan fingerprint density at radius 1 is 1.47 bits per heavy atom. The van der Waals surface area contributed by atoms with Crippen molar-refractivity contribution in [3.05, 3.63) is 30.1 Å². The molecule has 0 spiro atoms. The monoisotopic (exact) mass is 266 g/mol. The third-order valence-corrected chi connectivity index (χ3v) is 3.51. The van der Waals surface area contributed by atoms with E-state index in [9.17, 15) is 14.3 Å². The highest BCUT2D eigenvalue weighted by molar-refractivity contribution is 5.87. The highest BCUT2D eigenvalue weighted by Gasteiger charge is 2.43. The number of carbonyl (C=O) groups is 1. The summed E-state index contributed by atoms with van der Waals surface area (Å²) >= 11 is 0. The number of piperazine rings is 1. The molecule has 1 atom stereocenters. The quantitative estimate of drug-likeness (QED) is 0.876. The summed E-state index contributed by atoms with van der Waals surface area (Å²) in [6, 6.07) is 5.45. The number of halogens is 1. The summed E-state index contributed by atoms with van der Waals surface area (Å²) in [5.74, 6) is -0.498. The molecule has 0 bridgehead atoms. The van der Waals surface area contributed by atoms with E-state index in [2.05, 4.69) is 0 Å². The smallest absolute Gasteiger partial charge is 0.247 e. The molecule has 1 aromatic rings. The van der Waals surface area contributed by atoms with Gasteiger partial charge in [0.1, 0.15) is 11.9 Å². The fraction of sp³-hybridized carbons (Fsp3) is 0.500. The number of hydrogen-bond donors (Lipinski definition) is 1. The standard InChI is InChI=1S/C14H19FN2O2/c1-14(2)9-16(3)13(19)12(8-18)17(14)11-6-4-5-10(15)7-11/h4-7,12,18H,8-9H2,1-3H3. The highest BCUT2D eigenvalue weighted by atomic mass is 19.1. The van der Waals surface area contributed by atoms with Gasteiger partial charge in [0.15, 0.2) is 0 Å². The third kappa shape index (κ3) is 2.42. The first-order chi connectivity index (χ1) is 8.86. The van der Waals surface area contributed by atoms with Gasteiger partial charge in [-0.05, 0) is 32.0 Å². The number of benzene rings is 1. The Kier molecular flexibility index (Phi) is 3.49. The Hall–Kier alpha value is -1.62. The second kappa shape index (κ2) is 4.81. The lowest BCUT2D eigenvalue weighted by molar-refractivity contribution is -0.136. The minimum atomic E-state index is -0.671. The van der Waals surface area contributed by atoms with Gasteiger partial charge in [0.2, 0.25) is 5.91 Å². The predicted molar refractivity (Wildman–Crippen MR) is 71.5 cm³/mol. The molecule has 1 aliphatic rings. The largest absolute Gasteiger partial charge is 0.394 e. The molecule has 4 nitrogen and oxygen atoms in total. The van der Waals surface area contributed by atoms with Crippen LogP contribution in [-0.2, 0) is 4.79 Å². The normalized spacial score (nSPS) is 22.8. The molecule has 0 aromatic heterocycles. The van der Waals surface area contributed by atoms with Crippen molar-refractivity contribution in [1.82, 2.24) is 4.90 Å². The van der Waals surface area contributed by atoms with Gasteiger partial charge in [-0.1, -0.05) is 6.07 Å². The molecule has 1 aromatic carbocycles. The lowest BCUT2D eigenvalue weighted by Crippen LogP contribution is -2.67. The van der Waals surface area contributed by atoms with Gasteiger partial charge < -0.3 is 14.9 Å². The number of aliphatic hydroxyl groups excluding tert-OH is 1. The molecule has 1 unspecified atom stereocenters. The Balaban J connectivity index is 2.47. The summed E-state index contributed by atoms with van der Waals surface area (Å²) in [5.41, 5.74) is 0.245. The molecular weight excluding hydrogens is 247 g/mol. The zero-order chi connectivity index (χ0) is 14.2. The zero-order valence-corrected chi connectivity index (χ0v) is 11.4. The number of hydrogen-bond acceptors (Lipinski definition) is 3. The molecule has 2 rings (SSSR count). The van der Waals surface area contributed by atoms with Crippen LogP contribution in [0.15, 0.2) is 24.3 Å². The number of rotatable bonds is 2. The van der Waals surface area contributed by atoms with Crippen LogP contribution in [0.2, 0.25) is 0 Å². The fourth-order valence-electron chi connectivity index (χ4n) is 2.84. The first-order valence-electron chi connectivity index (χ1n) is 6.27. The van der Waals surface area contributed by atoms with Crippen molar-refractivity contribution in [1.29, 1.82) is 0 Å². The molecule has 19 heavy (non-hydrogen) atoms. The fourth-order valence-corrected chi connectivity index (χ4v) is 2.84. The molecule has 1 heterocycles. The topological polar surface area (TPSA) is 43.8 Å². The maximum atomic E-state index is 13.4. The van der Waals surface area contributed by atoms with Gasteiger partial charge in [0, 0.05) is 19.3 Å². The summed E-state index contributed by atoms with van der Waals surface area (Å²) in [6.45, 7) is 4.19. The Labute approximate surface area is 112 Å². The molecule has 0 saturated carbocycles. The van der Waals surface area contributed by atoms with Crippen LogP contribution in [-0.4, -0.2) is 47.7 Å². The van der Waals surface area contributed by atoms with Crippen molar-refractivity contribution < 1.29 is 14.3 Å². The van der Waals surface area contributed by atoms with E-state index in [1.165, 1.54) is 12.1 Å². The van der Waals surface area contributed by atoms with Gasteiger partial charge >= 0.3 is 0 Å². The van der Waals surface area contributed by atoms with Gasteiger partial charge in [-0.3, -0.25) is 4.79 Å². The molecule has 104 valence electrons. The van der Waals surface area contributed by atoms with Crippen LogP contribution < -0.4 is 4.90 Å². The molecule has 1 N–H and O–H groups in total. The van der Waals surface area contributed by atoms with E-state index in [1.807, 2.05) is 13.8 Å². The molecular formula is C14H19FN2O2. The number of likely N-dealkylation sites (N-methyl/N-ethyl adjacent to an activating group) is 1. The average molecular weight is 266 g/mol. The van der Waals surface area contributed by atoms with E-state index < -0.39 is 6.04 Å². The van der Waals surface area contributed by atoms with Gasteiger partial charge in [0.25, 0.3) is 0 Å². The molecule has 1 saturated heterocycles. The average Bonchev–Trinajstić information content (AvgIpc) is 2.32. The minimum Gasteiger partial charge on any atom is -0.394 e. The Morgan fingerprint density at radius 3 is 2.74 bits per heavy atom. The first-order valence-corrected chi connectivity index (χ1v) is 6.27. The Morgan fingerprint density at radius 2 is 2.16 bits per heavy atom. The maximum Gasteiger partial charge on any atom is 0.247 e. The molecule has 1 aliphatic heterocycles. The van der Waals surface area contributed by atoms with Crippen molar-refractivity contribution in [3.63, 3.8) is 0 Å². The number of aliphatic hydroxyl groups is 1. The summed E-state index contributed by atoms with van der Waals surface area (Å²) in [6.07, 6.45) is 0. The molecule has 5 heteroatoms. The number of amides is 1. The van der Waals surface area contributed by atoms with Crippen LogP contribution in [0.5, 0.6) is 0 Å². The number of anilines is 1. The lowest BCUT2D eigenvalue weighted by atomic mass is 9.93. The first kappa shape index (κ1) is 13.8. The van der Waals surface area contributed by atoms with Crippen molar-refractivity contribution >= 4 is 11.6 Å². The van der Waals surface area contributed by atoms with Crippen LogP contribution in [0, 0.1) is 5.82 Å². The number of nitrogens with zero attached hydrogens (tertiary/aromatic N) is 2. The Bertz CT molecular complexity index is 490. The van der Waals surface area contributed by atoms with E-state index >= 15 is 0 Å². The second-order valence-corrected chi connectivity index (χ2v) is 5.55. The predicted octanol–water partition coefficient (Wildman–Crippen LogP) is 1.24. The van der Waals surface area contributed by atoms with Crippen LogP contribution in [0.3, 0.4) is 0 Å². The van der Waals surface area contributed by atoms with E-state index in [1.54, 1.807) is 29.0 Å². The van der Waals surface area contributed by atoms with Crippen LogP contribution in [0.1, 0.15) is 13.8 Å². The van der Waals surface area contributed by atoms with Crippen molar-refractivity contribution in [2.75, 3.05) is 25.1 Å². The van der Waals surface area contributed by atoms with Gasteiger partial charge in [-0.15, -0.1) is 0 Å². The van der Waals surface area contributed by atoms with Crippen LogP contribution in [0.4, 0.5) is 10.1 Å². The van der Waals surface area contributed by atoms with E-state index in [4.69, 9.17) is 0 Å². The number of carbonyl (C=O) groups excluding carboxylic acids is 1. The van der Waals surface area contributed by atoms with Gasteiger partial charge in [-0.25, -0.2) is 4.39 Å². The van der Waals surface area contributed by atoms with Crippen molar-refractivity contribution in [3.8, 4) is 0 Å². The molecule has 0 radical (unpaired) electrons. The summed E-state index contributed by atoms with van der Waals surface area (Å²) < 4.78 is 13.4. The van der Waals surface area contributed by atoms with E-state index in [-0.39, 0.29) is 23.9 Å². The van der Waals surface area contributed by atoms with Gasteiger partial charge in [-0.2, -0.15) is 0 Å². The third-order valence-electron chi connectivity index (χ3n) is 3.51. The zero-order valence-electron chi connectivity index (χ0n) is 11.4. The second-order valence-electron chi connectivity index (χ2n) is 5.55. The maximum absolute atomic E-state index is 13.4. The van der Waals surface area contributed by atoms with Crippen LogP contribution >= 0.6 is 0 Å². The minimum absolute atomic E-state index is 0.147. The molecule has 0 aliphatic carbocycles. The lowest BCUT2D eigenvalue weighted by Gasteiger charge is -2.51. The van der Waals surface area contributed by atoms with E-state index in [0.29, 0.717) is 12.2 Å². The highest BCUT2D eigenvalue weighted by Crippen LogP contribution is 2.31. The SMILES string of the molecule is CN1CC(C)(C)N(c2cccc(F)c2)C(CO)C1=O. The summed E-state index contributed by atoms with van der Waals surface area (Å²) in [7, 11) is 1.72. The van der Waals surface area contributed by atoms with Gasteiger partial charge in [0.05, 0.1) is 12.1 Å². The van der Waals surface area contributed by atoms with E-state index in [0.717, 1.165) is 0 Å². The van der Waals surface area contributed by atoms with Crippen molar-refractivity contribution in [2.24, 2.45) is 0 Å².